The van der Waals surface area contributed by atoms with E-state index in [1.807, 2.05) is 42.7 Å². The van der Waals surface area contributed by atoms with E-state index in [0.29, 0.717) is 30.7 Å². The summed E-state index contributed by atoms with van der Waals surface area (Å²) in [6.45, 7) is 4.40. The number of nitrogens with one attached hydrogen (secondary N) is 2. The number of nitrogens with zero attached hydrogens (tertiary/aromatic N) is 3. The Labute approximate surface area is 142 Å². The molecule has 1 heterocycles. The molecule has 0 unspecified atom stereocenters. The Hall–Kier alpha value is -1.73. The summed E-state index contributed by atoms with van der Waals surface area (Å²) in [6, 6.07) is 1.92. The smallest absolute Gasteiger partial charge is 0.241 e. The van der Waals surface area contributed by atoms with E-state index in [1.54, 1.807) is 7.11 Å². The third kappa shape index (κ3) is 6.92. The molecular formula is C15H26ClN5O2. The highest BCUT2D eigenvalue weighted by Crippen LogP contribution is 2.14. The molecule has 1 amide bonds. The molecule has 0 bridgehead atoms. The van der Waals surface area contributed by atoms with Gasteiger partial charge in [0.05, 0.1) is 18.2 Å². The topological polar surface area (TPSA) is 70.9 Å². The third-order valence-electron chi connectivity index (χ3n) is 3.17. The van der Waals surface area contributed by atoms with Gasteiger partial charge in [-0.2, -0.15) is 0 Å². The molecule has 0 atom stereocenters. The van der Waals surface area contributed by atoms with E-state index < -0.39 is 0 Å². The van der Waals surface area contributed by atoms with E-state index >= 15 is 0 Å². The summed E-state index contributed by atoms with van der Waals surface area (Å²) in [5, 5.41) is 6.63. The number of rotatable bonds is 8. The van der Waals surface area contributed by atoms with Gasteiger partial charge in [0.2, 0.25) is 5.91 Å². The second kappa shape index (κ2) is 10.1. The van der Waals surface area contributed by atoms with Crippen LogP contribution in [0, 0.1) is 0 Å². The number of halogens is 1. The number of aryl methyl sites for hydroxylation is 1. The molecule has 1 rings (SSSR count). The molecule has 0 fully saturated rings. The summed E-state index contributed by atoms with van der Waals surface area (Å²) in [5.41, 5.74) is 1.06. The summed E-state index contributed by atoms with van der Waals surface area (Å²) >= 11 is 6.00. The fraction of sp³-hybridized carbons (Fsp3) is 0.600. The zero-order valence-electron chi connectivity index (χ0n) is 14.2. The van der Waals surface area contributed by atoms with Crippen LogP contribution in [-0.2, 0) is 23.1 Å². The zero-order chi connectivity index (χ0) is 17.2. The fourth-order valence-electron chi connectivity index (χ4n) is 2.01. The minimum Gasteiger partial charge on any atom is -0.383 e. The second-order valence-electron chi connectivity index (χ2n) is 5.13. The predicted molar refractivity (Wildman–Crippen MR) is 92.8 cm³/mol. The first kappa shape index (κ1) is 19.3. The van der Waals surface area contributed by atoms with Crippen LogP contribution in [0.2, 0.25) is 5.02 Å². The molecule has 8 heteroatoms. The number of guanidine groups is 1. The number of carbonyl (C=O) groups is 1. The average Bonchev–Trinajstić information content (AvgIpc) is 2.81. The summed E-state index contributed by atoms with van der Waals surface area (Å²) in [7, 11) is 5.46. The van der Waals surface area contributed by atoms with E-state index in [1.165, 1.54) is 0 Å². The van der Waals surface area contributed by atoms with Gasteiger partial charge >= 0.3 is 0 Å². The first-order chi connectivity index (χ1) is 11.0. The van der Waals surface area contributed by atoms with E-state index in [-0.39, 0.29) is 12.5 Å². The minimum absolute atomic E-state index is 0.0737. The third-order valence-corrected chi connectivity index (χ3v) is 3.38. The molecule has 2 N–H and O–H groups in total. The van der Waals surface area contributed by atoms with Crippen molar-refractivity contribution in [2.24, 2.45) is 12.0 Å². The van der Waals surface area contributed by atoms with Gasteiger partial charge in [0.25, 0.3) is 0 Å². The molecule has 0 aliphatic carbocycles. The monoisotopic (exact) mass is 343 g/mol. The van der Waals surface area contributed by atoms with Crippen molar-refractivity contribution in [3.05, 3.63) is 23.0 Å². The van der Waals surface area contributed by atoms with Crippen molar-refractivity contribution in [2.75, 3.05) is 40.4 Å². The number of aromatic nitrogens is 1. The van der Waals surface area contributed by atoms with Gasteiger partial charge in [0.1, 0.15) is 6.54 Å². The molecule has 0 aliphatic rings. The zero-order valence-corrected chi connectivity index (χ0v) is 15.0. The number of hydrogen-bond donors (Lipinski definition) is 2. The van der Waals surface area contributed by atoms with Gasteiger partial charge in [-0.1, -0.05) is 11.6 Å². The minimum atomic E-state index is -0.132. The molecule has 0 spiro atoms. The lowest BCUT2D eigenvalue weighted by molar-refractivity contribution is -0.119. The van der Waals surface area contributed by atoms with Crippen LogP contribution < -0.4 is 10.6 Å². The number of hydrogen-bond acceptors (Lipinski definition) is 3. The molecular weight excluding hydrogens is 318 g/mol. The van der Waals surface area contributed by atoms with Gasteiger partial charge in [-0.25, -0.2) is 4.99 Å². The van der Waals surface area contributed by atoms with Crippen molar-refractivity contribution >= 4 is 23.5 Å². The largest absolute Gasteiger partial charge is 0.383 e. The SMILES string of the molecule is CCNC(=NCC(=O)NCCOC)N(C)Cc1cc(Cl)cn1C. The highest BCUT2D eigenvalue weighted by Gasteiger charge is 2.10. The lowest BCUT2D eigenvalue weighted by atomic mass is 10.4. The van der Waals surface area contributed by atoms with Gasteiger partial charge in [-0.3, -0.25) is 4.79 Å². The van der Waals surface area contributed by atoms with Crippen LogP contribution in [0.25, 0.3) is 0 Å². The van der Waals surface area contributed by atoms with Crippen LogP contribution in [0.15, 0.2) is 17.3 Å². The van der Waals surface area contributed by atoms with Crippen LogP contribution >= 0.6 is 11.6 Å². The van der Waals surface area contributed by atoms with Crippen molar-refractivity contribution in [1.82, 2.24) is 20.1 Å². The van der Waals surface area contributed by atoms with E-state index in [2.05, 4.69) is 15.6 Å². The Kier molecular flexibility index (Phi) is 8.50. The van der Waals surface area contributed by atoms with Crippen LogP contribution in [0.4, 0.5) is 0 Å². The molecule has 1 aromatic heterocycles. The van der Waals surface area contributed by atoms with Gasteiger partial charge in [-0.15, -0.1) is 0 Å². The molecule has 0 aliphatic heterocycles. The standard InChI is InChI=1S/C15H26ClN5O2/c1-5-17-15(19-9-14(22)18-6-7-23-4)21(3)11-13-8-12(16)10-20(13)2/h8,10H,5-7,9,11H2,1-4H3,(H,17,19)(H,18,22). The summed E-state index contributed by atoms with van der Waals surface area (Å²) in [6.07, 6.45) is 1.86. The molecule has 0 radical (unpaired) electrons. The highest BCUT2D eigenvalue weighted by molar-refractivity contribution is 6.30. The number of ether oxygens (including phenoxy) is 1. The normalized spacial score (nSPS) is 11.4. The Morgan fingerprint density at radius 1 is 1.48 bits per heavy atom. The Bertz CT molecular complexity index is 530. The van der Waals surface area contributed by atoms with E-state index in [9.17, 15) is 4.79 Å². The lowest BCUT2D eigenvalue weighted by Gasteiger charge is -2.22. The second-order valence-corrected chi connectivity index (χ2v) is 5.57. The molecule has 7 nitrogen and oxygen atoms in total. The lowest BCUT2D eigenvalue weighted by Crippen LogP contribution is -2.40. The van der Waals surface area contributed by atoms with Crippen molar-refractivity contribution in [3.63, 3.8) is 0 Å². The van der Waals surface area contributed by atoms with Crippen LogP contribution in [0.5, 0.6) is 0 Å². The van der Waals surface area contributed by atoms with Crippen molar-refractivity contribution in [3.8, 4) is 0 Å². The highest BCUT2D eigenvalue weighted by atomic mass is 35.5. The molecule has 0 saturated heterocycles. The van der Waals surface area contributed by atoms with E-state index in [0.717, 1.165) is 12.2 Å². The van der Waals surface area contributed by atoms with Gasteiger partial charge in [0.15, 0.2) is 5.96 Å². The molecule has 23 heavy (non-hydrogen) atoms. The summed E-state index contributed by atoms with van der Waals surface area (Å²) < 4.78 is 6.86. The van der Waals surface area contributed by atoms with Crippen molar-refractivity contribution in [2.45, 2.75) is 13.5 Å². The van der Waals surface area contributed by atoms with Crippen LogP contribution in [-0.4, -0.2) is 61.7 Å². The Balaban J connectivity index is 2.62. The van der Waals surface area contributed by atoms with Gasteiger partial charge in [-0.05, 0) is 13.0 Å². The number of amides is 1. The summed E-state index contributed by atoms with van der Waals surface area (Å²) in [4.78, 5) is 18.0. The van der Waals surface area contributed by atoms with Gasteiger partial charge < -0.3 is 24.8 Å². The van der Waals surface area contributed by atoms with Crippen molar-refractivity contribution in [1.29, 1.82) is 0 Å². The van der Waals surface area contributed by atoms with E-state index in [4.69, 9.17) is 16.3 Å². The summed E-state index contributed by atoms with van der Waals surface area (Å²) in [5.74, 6) is 0.541. The number of methoxy groups -OCH3 is 1. The fourth-order valence-corrected chi connectivity index (χ4v) is 2.28. The number of aliphatic imine (C=N–C) groups is 1. The van der Waals surface area contributed by atoms with Crippen LogP contribution in [0.3, 0.4) is 0 Å². The maximum Gasteiger partial charge on any atom is 0.241 e. The maximum absolute atomic E-state index is 11.7. The Morgan fingerprint density at radius 2 is 2.22 bits per heavy atom. The number of carbonyl (C=O) groups excluding carboxylic acids is 1. The predicted octanol–water partition coefficient (Wildman–Crippen LogP) is 0.838. The van der Waals surface area contributed by atoms with Crippen molar-refractivity contribution < 1.29 is 9.53 Å². The molecule has 130 valence electrons. The molecule has 0 aromatic carbocycles. The quantitative estimate of drug-likeness (QED) is 0.417. The maximum atomic E-state index is 11.7. The van der Waals surface area contributed by atoms with Gasteiger partial charge in [0, 0.05) is 46.2 Å². The van der Waals surface area contributed by atoms with Crippen LogP contribution in [0.1, 0.15) is 12.6 Å². The Morgan fingerprint density at radius 3 is 2.78 bits per heavy atom. The first-order valence-corrected chi connectivity index (χ1v) is 7.91. The average molecular weight is 344 g/mol. The molecule has 0 saturated carbocycles. The molecule has 1 aromatic rings. The first-order valence-electron chi connectivity index (χ1n) is 7.53.